The molecule has 2 aromatic rings. The maximum Gasteiger partial charge on any atom is 0.0931 e. The molecule has 2 rings (SSSR count). The minimum Gasteiger partial charge on any atom is -0.354 e. The first-order valence-corrected chi connectivity index (χ1v) is 8.21. The summed E-state index contributed by atoms with van der Waals surface area (Å²) in [5, 5.41) is 0. The third kappa shape index (κ3) is 3.12. The average Bonchev–Trinajstić information content (AvgIpc) is 2.84. The van der Waals surface area contributed by atoms with Gasteiger partial charge >= 0.3 is 0 Å². The van der Waals surface area contributed by atoms with Crippen molar-refractivity contribution in [2.45, 2.75) is 51.9 Å². The van der Waals surface area contributed by atoms with Crippen LogP contribution in [0.2, 0.25) is 4.34 Å². The summed E-state index contributed by atoms with van der Waals surface area (Å²) in [4.78, 5) is 1.35. The molecule has 110 valence electrons. The zero-order chi connectivity index (χ0) is 15.1. The maximum absolute atomic E-state index is 6.09. The Morgan fingerprint density at radius 1 is 1.10 bits per heavy atom. The lowest BCUT2D eigenvalue weighted by Crippen LogP contribution is -2.23. The van der Waals surface area contributed by atoms with Crippen LogP contribution in [0, 0.1) is 0 Å². The Balaban J connectivity index is 2.35. The minimum absolute atomic E-state index is 0.110. The summed E-state index contributed by atoms with van der Waals surface area (Å²) in [6.07, 6.45) is 3.21. The SMILES string of the molecule is Cn1ccc(CC(C)(C)c2ccc(Cl)s2)c1C(C)(C)C. The van der Waals surface area contributed by atoms with Crippen LogP contribution in [-0.2, 0) is 24.3 Å². The van der Waals surface area contributed by atoms with E-state index in [1.165, 1.54) is 16.1 Å². The highest BCUT2D eigenvalue weighted by atomic mass is 35.5. The molecule has 20 heavy (non-hydrogen) atoms. The van der Waals surface area contributed by atoms with Crippen molar-refractivity contribution in [3.8, 4) is 0 Å². The van der Waals surface area contributed by atoms with Gasteiger partial charge in [0.1, 0.15) is 0 Å². The van der Waals surface area contributed by atoms with Gasteiger partial charge in [0.2, 0.25) is 0 Å². The van der Waals surface area contributed by atoms with Crippen molar-refractivity contribution >= 4 is 22.9 Å². The standard InChI is InChI=1S/C17H24ClNS/c1-16(2,3)15-12(9-10-19(15)6)11-17(4,5)13-7-8-14(18)20-13/h7-10H,11H2,1-6H3. The molecule has 0 radical (unpaired) electrons. The van der Waals surface area contributed by atoms with E-state index in [0.29, 0.717) is 0 Å². The lowest BCUT2D eigenvalue weighted by molar-refractivity contribution is 0.500. The minimum atomic E-state index is 0.110. The van der Waals surface area contributed by atoms with E-state index in [1.807, 2.05) is 6.07 Å². The van der Waals surface area contributed by atoms with Gasteiger partial charge in [-0.25, -0.2) is 0 Å². The molecular weight excluding hydrogens is 286 g/mol. The molecule has 0 N–H and O–H groups in total. The fourth-order valence-corrected chi connectivity index (χ4v) is 4.12. The highest BCUT2D eigenvalue weighted by Gasteiger charge is 2.28. The lowest BCUT2D eigenvalue weighted by atomic mass is 9.80. The molecule has 0 fully saturated rings. The predicted octanol–water partition coefficient (Wildman–Crippen LogP) is 5.56. The molecule has 0 atom stereocenters. The maximum atomic E-state index is 6.09. The van der Waals surface area contributed by atoms with Crippen molar-refractivity contribution in [3.05, 3.63) is 44.9 Å². The van der Waals surface area contributed by atoms with Crippen molar-refractivity contribution in [2.24, 2.45) is 7.05 Å². The Kier molecular flexibility index (Phi) is 4.10. The summed E-state index contributed by atoms with van der Waals surface area (Å²) in [6, 6.07) is 6.42. The molecule has 0 aliphatic carbocycles. The van der Waals surface area contributed by atoms with E-state index in [2.05, 4.69) is 64.6 Å². The van der Waals surface area contributed by atoms with E-state index in [-0.39, 0.29) is 10.8 Å². The molecule has 0 amide bonds. The third-order valence-corrected chi connectivity index (χ3v) is 5.34. The van der Waals surface area contributed by atoms with Crippen LogP contribution in [-0.4, -0.2) is 4.57 Å². The predicted molar refractivity (Wildman–Crippen MR) is 90.2 cm³/mol. The van der Waals surface area contributed by atoms with Crippen LogP contribution in [0.15, 0.2) is 24.4 Å². The number of halogens is 1. The Bertz CT molecular complexity index is 599. The molecule has 2 aromatic heterocycles. The van der Waals surface area contributed by atoms with Crippen molar-refractivity contribution in [1.29, 1.82) is 0 Å². The number of thiophene rings is 1. The summed E-state index contributed by atoms with van der Waals surface area (Å²) in [5.74, 6) is 0. The monoisotopic (exact) mass is 309 g/mol. The van der Waals surface area contributed by atoms with Gasteiger partial charge in [0.05, 0.1) is 4.34 Å². The van der Waals surface area contributed by atoms with Crippen molar-refractivity contribution in [3.63, 3.8) is 0 Å². The highest BCUT2D eigenvalue weighted by Crippen LogP contribution is 2.37. The van der Waals surface area contributed by atoms with Crippen LogP contribution in [0.3, 0.4) is 0 Å². The van der Waals surface area contributed by atoms with Gasteiger partial charge in [0, 0.05) is 34.6 Å². The zero-order valence-corrected chi connectivity index (χ0v) is 14.8. The Morgan fingerprint density at radius 3 is 2.25 bits per heavy atom. The van der Waals surface area contributed by atoms with Gasteiger partial charge in [0.15, 0.2) is 0 Å². The second-order valence-corrected chi connectivity index (χ2v) is 8.93. The first-order valence-electron chi connectivity index (χ1n) is 7.02. The second kappa shape index (κ2) is 5.23. The third-order valence-electron chi connectivity index (χ3n) is 3.74. The van der Waals surface area contributed by atoms with Crippen LogP contribution in [0.1, 0.15) is 50.8 Å². The summed E-state index contributed by atoms with van der Waals surface area (Å²) in [7, 11) is 2.14. The fraction of sp³-hybridized carbons (Fsp3) is 0.529. The Morgan fingerprint density at radius 2 is 1.75 bits per heavy atom. The van der Waals surface area contributed by atoms with E-state index in [0.717, 1.165) is 10.8 Å². The number of rotatable bonds is 3. The average molecular weight is 310 g/mol. The van der Waals surface area contributed by atoms with Gasteiger partial charge in [-0.2, -0.15) is 0 Å². The van der Waals surface area contributed by atoms with Gasteiger partial charge in [-0.15, -0.1) is 11.3 Å². The highest BCUT2D eigenvalue weighted by molar-refractivity contribution is 7.16. The van der Waals surface area contributed by atoms with Crippen molar-refractivity contribution in [2.75, 3.05) is 0 Å². The smallest absolute Gasteiger partial charge is 0.0931 e. The van der Waals surface area contributed by atoms with Crippen LogP contribution in [0.5, 0.6) is 0 Å². The van der Waals surface area contributed by atoms with Gasteiger partial charge in [0.25, 0.3) is 0 Å². The molecule has 0 saturated heterocycles. The molecule has 0 aliphatic heterocycles. The Labute approximate surface area is 131 Å². The van der Waals surface area contributed by atoms with Crippen LogP contribution < -0.4 is 0 Å². The van der Waals surface area contributed by atoms with Crippen LogP contribution in [0.25, 0.3) is 0 Å². The number of nitrogens with zero attached hydrogens (tertiary/aromatic N) is 1. The number of hydrogen-bond donors (Lipinski definition) is 0. The summed E-state index contributed by atoms with van der Waals surface area (Å²) in [5.41, 5.74) is 3.14. The fourth-order valence-electron chi connectivity index (χ4n) is 2.98. The van der Waals surface area contributed by atoms with Gasteiger partial charge in [-0.05, 0) is 30.2 Å². The van der Waals surface area contributed by atoms with Gasteiger partial charge in [-0.1, -0.05) is 46.2 Å². The molecule has 0 bridgehead atoms. The zero-order valence-electron chi connectivity index (χ0n) is 13.2. The number of hydrogen-bond acceptors (Lipinski definition) is 1. The molecule has 0 spiro atoms. The normalized spacial score (nSPS) is 12.9. The topological polar surface area (TPSA) is 4.93 Å². The number of aryl methyl sites for hydroxylation is 1. The molecular formula is C17H24ClNS. The largest absolute Gasteiger partial charge is 0.354 e. The molecule has 0 unspecified atom stereocenters. The molecule has 3 heteroatoms. The molecule has 1 nitrogen and oxygen atoms in total. The molecule has 0 aromatic carbocycles. The number of aromatic nitrogens is 1. The summed E-state index contributed by atoms with van der Waals surface area (Å²) in [6.45, 7) is 11.4. The summed E-state index contributed by atoms with van der Waals surface area (Å²) < 4.78 is 3.13. The van der Waals surface area contributed by atoms with Gasteiger partial charge < -0.3 is 4.57 Å². The Hall–Kier alpha value is -0.730. The van der Waals surface area contributed by atoms with Crippen LogP contribution in [0.4, 0.5) is 0 Å². The van der Waals surface area contributed by atoms with Gasteiger partial charge in [-0.3, -0.25) is 0 Å². The molecule has 0 aliphatic rings. The summed E-state index contributed by atoms with van der Waals surface area (Å²) >= 11 is 7.78. The van der Waals surface area contributed by atoms with E-state index >= 15 is 0 Å². The molecule has 0 saturated carbocycles. The van der Waals surface area contributed by atoms with E-state index in [9.17, 15) is 0 Å². The van der Waals surface area contributed by atoms with Crippen LogP contribution >= 0.6 is 22.9 Å². The molecule has 2 heterocycles. The van der Waals surface area contributed by atoms with E-state index in [1.54, 1.807) is 11.3 Å². The van der Waals surface area contributed by atoms with E-state index in [4.69, 9.17) is 11.6 Å². The first-order chi connectivity index (χ1) is 9.11. The van der Waals surface area contributed by atoms with E-state index < -0.39 is 0 Å². The second-order valence-electron chi connectivity index (χ2n) is 7.21. The lowest BCUT2D eigenvalue weighted by Gasteiger charge is -2.27. The van der Waals surface area contributed by atoms with Crippen molar-refractivity contribution < 1.29 is 0 Å². The van der Waals surface area contributed by atoms with Crippen molar-refractivity contribution in [1.82, 2.24) is 4.57 Å². The first kappa shape index (κ1) is 15.7. The quantitative estimate of drug-likeness (QED) is 0.699.